The number of hydrogen-bond donors (Lipinski definition) is 0. The molecule has 0 spiro atoms. The zero-order valence-corrected chi connectivity index (χ0v) is 14.7. The normalized spacial score (nSPS) is 11.5. The monoisotopic (exact) mass is 337 g/mol. The number of carbonyl (C=O) groups excluding carboxylic acids is 1. The third-order valence-electron chi connectivity index (χ3n) is 3.21. The first-order chi connectivity index (χ1) is 11.3. The second kappa shape index (κ2) is 8.97. The fraction of sp³-hybridized carbons (Fsp3) is 0.500. The number of nitro benzene ring substituents is 1. The van der Waals surface area contributed by atoms with Gasteiger partial charge in [0.1, 0.15) is 11.3 Å². The van der Waals surface area contributed by atoms with Crippen LogP contribution in [0, 0.1) is 10.1 Å². The number of benzene rings is 1. The van der Waals surface area contributed by atoms with Gasteiger partial charge in [-0.15, -0.1) is 0 Å². The molecule has 0 N–H and O–H groups in total. The molecule has 1 aromatic rings. The van der Waals surface area contributed by atoms with Gasteiger partial charge in [0.25, 0.3) is 5.69 Å². The number of esters is 1. The average Bonchev–Trinajstić information content (AvgIpc) is 2.53. The minimum absolute atomic E-state index is 0.148. The Hall–Kier alpha value is -2.48. The van der Waals surface area contributed by atoms with Crippen molar-refractivity contribution in [2.45, 2.75) is 20.3 Å². The molecule has 24 heavy (non-hydrogen) atoms. The van der Waals surface area contributed by atoms with E-state index in [2.05, 4.69) is 9.73 Å². The molecular formula is C16H23N3O5. The zero-order valence-electron chi connectivity index (χ0n) is 14.7. The van der Waals surface area contributed by atoms with Crippen LogP contribution in [0.15, 0.2) is 17.1 Å². The third kappa shape index (κ3) is 5.31. The van der Waals surface area contributed by atoms with E-state index in [-0.39, 0.29) is 17.0 Å². The SMILES string of the molecule is CCOc1cc([N+](=O)[O-])c(C(=O)OC)cc1/N=C(\C)CCN(C)C. The molecule has 0 aliphatic rings. The number of ether oxygens (including phenoxy) is 2. The molecule has 0 radical (unpaired) electrons. The van der Waals surface area contributed by atoms with E-state index in [1.165, 1.54) is 19.2 Å². The lowest BCUT2D eigenvalue weighted by Gasteiger charge is -2.12. The predicted octanol–water partition coefficient (Wildman–Crippen LogP) is 2.82. The highest BCUT2D eigenvalue weighted by Gasteiger charge is 2.24. The van der Waals surface area contributed by atoms with E-state index in [1.54, 1.807) is 6.92 Å². The maximum atomic E-state index is 11.8. The van der Waals surface area contributed by atoms with Gasteiger partial charge in [-0.05, 0) is 40.4 Å². The molecule has 0 unspecified atom stereocenters. The summed E-state index contributed by atoms with van der Waals surface area (Å²) in [7, 11) is 5.09. The quantitative estimate of drug-likeness (QED) is 0.313. The molecule has 8 nitrogen and oxygen atoms in total. The molecule has 0 heterocycles. The van der Waals surface area contributed by atoms with E-state index in [0.29, 0.717) is 12.3 Å². The maximum absolute atomic E-state index is 11.8. The van der Waals surface area contributed by atoms with Crippen LogP contribution < -0.4 is 4.74 Å². The Bertz CT molecular complexity index is 641. The molecule has 0 atom stereocenters. The zero-order chi connectivity index (χ0) is 18.3. The first kappa shape index (κ1) is 19.6. The van der Waals surface area contributed by atoms with Gasteiger partial charge < -0.3 is 14.4 Å². The fourth-order valence-corrected chi connectivity index (χ4v) is 1.99. The number of nitrogens with zero attached hydrogens (tertiary/aromatic N) is 3. The van der Waals surface area contributed by atoms with Crippen molar-refractivity contribution in [3.05, 3.63) is 27.8 Å². The molecular weight excluding hydrogens is 314 g/mol. The van der Waals surface area contributed by atoms with Gasteiger partial charge in [0, 0.05) is 12.3 Å². The Morgan fingerprint density at radius 2 is 2.04 bits per heavy atom. The Kier molecular flexibility index (Phi) is 7.31. The van der Waals surface area contributed by atoms with E-state index < -0.39 is 10.9 Å². The van der Waals surface area contributed by atoms with Crippen molar-refractivity contribution in [2.24, 2.45) is 4.99 Å². The van der Waals surface area contributed by atoms with Crippen LogP contribution >= 0.6 is 0 Å². The lowest BCUT2D eigenvalue weighted by Crippen LogP contribution is -2.15. The molecule has 0 aliphatic carbocycles. The number of rotatable bonds is 8. The Morgan fingerprint density at radius 3 is 2.54 bits per heavy atom. The average molecular weight is 337 g/mol. The van der Waals surface area contributed by atoms with Crippen molar-refractivity contribution in [1.82, 2.24) is 4.90 Å². The summed E-state index contributed by atoms with van der Waals surface area (Å²) in [5.41, 5.74) is 0.689. The van der Waals surface area contributed by atoms with Crippen molar-refractivity contribution in [2.75, 3.05) is 34.4 Å². The van der Waals surface area contributed by atoms with Crippen LogP contribution in [0.4, 0.5) is 11.4 Å². The first-order valence-electron chi connectivity index (χ1n) is 7.52. The molecule has 1 rings (SSSR count). The highest BCUT2D eigenvalue weighted by atomic mass is 16.6. The summed E-state index contributed by atoms with van der Waals surface area (Å²) in [5.74, 6) is -0.520. The highest BCUT2D eigenvalue weighted by molar-refractivity contribution is 5.96. The van der Waals surface area contributed by atoms with Crippen molar-refractivity contribution in [1.29, 1.82) is 0 Å². The number of methoxy groups -OCH3 is 1. The van der Waals surface area contributed by atoms with E-state index in [9.17, 15) is 14.9 Å². The van der Waals surface area contributed by atoms with Crippen LogP contribution in [-0.2, 0) is 4.74 Å². The fourth-order valence-electron chi connectivity index (χ4n) is 1.99. The molecule has 0 aromatic heterocycles. The van der Waals surface area contributed by atoms with Gasteiger partial charge in [-0.1, -0.05) is 0 Å². The largest absolute Gasteiger partial charge is 0.491 e. The van der Waals surface area contributed by atoms with Gasteiger partial charge in [-0.25, -0.2) is 4.79 Å². The molecule has 0 bridgehead atoms. The van der Waals surface area contributed by atoms with Crippen LogP contribution in [0.5, 0.6) is 5.75 Å². The van der Waals surface area contributed by atoms with Gasteiger partial charge in [0.2, 0.25) is 0 Å². The van der Waals surface area contributed by atoms with Gasteiger partial charge in [0.15, 0.2) is 5.75 Å². The van der Waals surface area contributed by atoms with Gasteiger partial charge >= 0.3 is 5.97 Å². The summed E-state index contributed by atoms with van der Waals surface area (Å²) >= 11 is 0. The molecule has 132 valence electrons. The smallest absolute Gasteiger partial charge is 0.344 e. The van der Waals surface area contributed by atoms with Crippen LogP contribution in [0.25, 0.3) is 0 Å². The second-order valence-electron chi connectivity index (χ2n) is 5.42. The molecule has 1 aromatic carbocycles. The summed E-state index contributed by atoms with van der Waals surface area (Å²) in [4.78, 5) is 28.9. The van der Waals surface area contributed by atoms with Crippen molar-refractivity contribution < 1.29 is 19.2 Å². The van der Waals surface area contributed by atoms with Crippen LogP contribution in [0.1, 0.15) is 30.6 Å². The lowest BCUT2D eigenvalue weighted by molar-refractivity contribution is -0.385. The number of nitro groups is 1. The summed E-state index contributed by atoms with van der Waals surface area (Å²) < 4.78 is 10.1. The van der Waals surface area contributed by atoms with Crippen molar-refractivity contribution >= 4 is 23.1 Å². The molecule has 0 fully saturated rings. The maximum Gasteiger partial charge on any atom is 0.344 e. The summed E-state index contributed by atoms with van der Waals surface area (Å²) in [5, 5.41) is 11.2. The summed E-state index contributed by atoms with van der Waals surface area (Å²) in [6, 6.07) is 2.56. The highest BCUT2D eigenvalue weighted by Crippen LogP contribution is 2.35. The van der Waals surface area contributed by atoms with E-state index in [1.807, 2.05) is 25.9 Å². The topological polar surface area (TPSA) is 94.3 Å². The van der Waals surface area contributed by atoms with Crippen LogP contribution in [-0.4, -0.2) is 55.9 Å². The van der Waals surface area contributed by atoms with E-state index in [4.69, 9.17) is 4.74 Å². The van der Waals surface area contributed by atoms with Gasteiger partial charge in [-0.2, -0.15) is 0 Å². The molecule has 0 saturated carbocycles. The molecule has 8 heteroatoms. The van der Waals surface area contributed by atoms with Crippen LogP contribution in [0.3, 0.4) is 0 Å². The summed E-state index contributed by atoms with van der Waals surface area (Å²) in [6.45, 7) is 4.77. The Morgan fingerprint density at radius 1 is 1.38 bits per heavy atom. The van der Waals surface area contributed by atoms with Gasteiger partial charge in [-0.3, -0.25) is 15.1 Å². The van der Waals surface area contributed by atoms with Crippen molar-refractivity contribution in [3.63, 3.8) is 0 Å². The summed E-state index contributed by atoms with van der Waals surface area (Å²) in [6.07, 6.45) is 0.725. The van der Waals surface area contributed by atoms with E-state index >= 15 is 0 Å². The second-order valence-corrected chi connectivity index (χ2v) is 5.42. The standard InChI is InChI=1S/C16H23N3O5/c1-6-24-15-10-14(19(21)22)12(16(20)23-5)9-13(15)17-11(2)7-8-18(3)4/h9-10H,6-8H2,1-5H3/b17-11+. The number of aliphatic imine (C=N–C) groups is 1. The minimum atomic E-state index is -0.785. The van der Waals surface area contributed by atoms with E-state index in [0.717, 1.165) is 18.7 Å². The first-order valence-corrected chi connectivity index (χ1v) is 7.52. The Balaban J connectivity index is 3.37. The lowest BCUT2D eigenvalue weighted by atomic mass is 10.1. The van der Waals surface area contributed by atoms with Gasteiger partial charge in [0.05, 0.1) is 24.7 Å². The number of carbonyl (C=O) groups is 1. The third-order valence-corrected chi connectivity index (χ3v) is 3.21. The van der Waals surface area contributed by atoms with Crippen molar-refractivity contribution in [3.8, 4) is 5.75 Å². The minimum Gasteiger partial charge on any atom is -0.491 e. The Labute approximate surface area is 141 Å². The molecule has 0 saturated heterocycles. The number of hydrogen-bond acceptors (Lipinski definition) is 7. The predicted molar refractivity (Wildman–Crippen MR) is 91.5 cm³/mol. The van der Waals surface area contributed by atoms with Crippen LogP contribution in [0.2, 0.25) is 0 Å². The molecule has 0 amide bonds. The molecule has 0 aliphatic heterocycles.